The molecule has 0 fully saturated rings. The monoisotopic (exact) mass is 377 g/mol. The molecule has 0 radical (unpaired) electrons. The van der Waals surface area contributed by atoms with Gasteiger partial charge in [-0.1, -0.05) is 17.7 Å². The Bertz CT molecular complexity index is 967. The van der Waals surface area contributed by atoms with Gasteiger partial charge >= 0.3 is 6.18 Å². The summed E-state index contributed by atoms with van der Waals surface area (Å²) in [7, 11) is 1.30. The Morgan fingerprint density at radius 1 is 1.19 bits per heavy atom. The lowest BCUT2D eigenvalue weighted by Gasteiger charge is -2.07. The van der Waals surface area contributed by atoms with Gasteiger partial charge in [-0.3, -0.25) is 9.78 Å². The highest BCUT2D eigenvalue weighted by Gasteiger charge is 2.35. The van der Waals surface area contributed by atoms with Crippen molar-refractivity contribution in [2.45, 2.75) is 13.1 Å². The zero-order valence-electron chi connectivity index (χ0n) is 14.3. The van der Waals surface area contributed by atoms with E-state index in [1.807, 2.05) is 19.1 Å². The molecule has 1 N–H and O–H groups in total. The van der Waals surface area contributed by atoms with Crippen molar-refractivity contribution < 1.29 is 22.7 Å². The Morgan fingerprint density at radius 2 is 1.89 bits per heavy atom. The van der Waals surface area contributed by atoms with E-state index in [4.69, 9.17) is 4.74 Å². The van der Waals surface area contributed by atoms with Gasteiger partial charge in [-0.25, -0.2) is 9.67 Å². The van der Waals surface area contributed by atoms with Crippen LogP contribution >= 0.6 is 0 Å². The molecule has 3 aromatic rings. The topological polar surface area (TPSA) is 81.9 Å². The number of benzene rings is 1. The van der Waals surface area contributed by atoms with Crippen LogP contribution in [0.15, 0.2) is 42.7 Å². The molecule has 0 unspecified atom stereocenters. The van der Waals surface area contributed by atoms with Gasteiger partial charge in [0, 0.05) is 18.8 Å². The summed E-state index contributed by atoms with van der Waals surface area (Å²) in [6, 6.07) is 7.87. The van der Waals surface area contributed by atoms with Crippen molar-refractivity contribution in [2.75, 3.05) is 5.32 Å². The molecule has 1 aromatic carbocycles. The molecule has 27 heavy (non-hydrogen) atoms. The van der Waals surface area contributed by atoms with Crippen molar-refractivity contribution in [3.63, 3.8) is 0 Å². The zero-order chi connectivity index (χ0) is 19.6. The summed E-state index contributed by atoms with van der Waals surface area (Å²) in [4.78, 5) is 20.1. The smallest absolute Gasteiger partial charge is 0.419 e. The minimum Gasteiger partial charge on any atom is -0.419 e. The quantitative estimate of drug-likeness (QED) is 0.752. The number of amides is 1. The maximum Gasteiger partial charge on any atom is 0.435 e. The second-order valence-electron chi connectivity index (χ2n) is 5.65. The first-order chi connectivity index (χ1) is 12.7. The molecule has 2 heterocycles. The molecule has 3 rings (SSSR count). The van der Waals surface area contributed by atoms with Crippen LogP contribution in [0.2, 0.25) is 0 Å². The summed E-state index contributed by atoms with van der Waals surface area (Å²) in [5.74, 6) is -0.853. The second-order valence-corrected chi connectivity index (χ2v) is 5.65. The summed E-state index contributed by atoms with van der Waals surface area (Å²) >= 11 is 0. The van der Waals surface area contributed by atoms with E-state index in [0.717, 1.165) is 16.3 Å². The lowest BCUT2D eigenvalue weighted by atomic mass is 10.2. The molecule has 0 saturated heterocycles. The van der Waals surface area contributed by atoms with E-state index in [-0.39, 0.29) is 17.5 Å². The first kappa shape index (κ1) is 18.4. The molecule has 0 bridgehead atoms. The second kappa shape index (κ2) is 7.06. The highest BCUT2D eigenvalue weighted by atomic mass is 19.4. The molecule has 1 amide bonds. The molecule has 140 valence electrons. The van der Waals surface area contributed by atoms with Crippen molar-refractivity contribution in [1.29, 1.82) is 0 Å². The van der Waals surface area contributed by atoms with E-state index < -0.39 is 17.8 Å². The number of hydrogen-bond donors (Lipinski definition) is 1. The fourth-order valence-corrected chi connectivity index (χ4v) is 2.13. The first-order valence-electron chi connectivity index (χ1n) is 7.71. The first-order valence-corrected chi connectivity index (χ1v) is 7.71. The number of carbonyl (C=O) groups excluding carboxylic acids is 1. The summed E-state index contributed by atoms with van der Waals surface area (Å²) < 4.78 is 44.3. The summed E-state index contributed by atoms with van der Waals surface area (Å²) in [5, 5.41) is 5.99. The van der Waals surface area contributed by atoms with Gasteiger partial charge in [0.1, 0.15) is 0 Å². The van der Waals surface area contributed by atoms with Gasteiger partial charge in [0.05, 0.1) is 12.4 Å². The van der Waals surface area contributed by atoms with Crippen LogP contribution in [0.5, 0.6) is 11.8 Å². The largest absolute Gasteiger partial charge is 0.435 e. The Balaban J connectivity index is 1.76. The van der Waals surface area contributed by atoms with E-state index in [0.29, 0.717) is 5.69 Å². The number of aryl methyl sites for hydroxylation is 2. The minimum atomic E-state index is -4.60. The third kappa shape index (κ3) is 4.40. The summed E-state index contributed by atoms with van der Waals surface area (Å²) in [6.45, 7) is 1.92. The molecule has 0 atom stereocenters. The van der Waals surface area contributed by atoms with Gasteiger partial charge in [0.2, 0.25) is 11.8 Å². The predicted molar refractivity (Wildman–Crippen MR) is 89.4 cm³/mol. The molecule has 0 spiro atoms. The molecular formula is C17H14F3N5O2. The van der Waals surface area contributed by atoms with Crippen LogP contribution < -0.4 is 10.1 Å². The maximum absolute atomic E-state index is 12.7. The Morgan fingerprint density at radius 3 is 2.52 bits per heavy atom. The van der Waals surface area contributed by atoms with E-state index >= 15 is 0 Å². The molecule has 0 aliphatic rings. The van der Waals surface area contributed by atoms with E-state index in [9.17, 15) is 18.0 Å². The van der Waals surface area contributed by atoms with Gasteiger partial charge in [-0.2, -0.15) is 18.3 Å². The van der Waals surface area contributed by atoms with E-state index in [2.05, 4.69) is 20.4 Å². The molecule has 10 heteroatoms. The zero-order valence-corrected chi connectivity index (χ0v) is 14.3. The third-order valence-corrected chi connectivity index (χ3v) is 3.49. The number of alkyl halides is 3. The normalized spacial score (nSPS) is 11.3. The minimum absolute atomic E-state index is 0.0497. The molecule has 0 aliphatic heterocycles. The van der Waals surface area contributed by atoms with Crippen molar-refractivity contribution in [1.82, 2.24) is 19.7 Å². The van der Waals surface area contributed by atoms with Gasteiger partial charge < -0.3 is 10.1 Å². The van der Waals surface area contributed by atoms with Crippen molar-refractivity contribution in [3.8, 4) is 11.8 Å². The van der Waals surface area contributed by atoms with Crippen LogP contribution in [-0.2, 0) is 13.2 Å². The number of halogens is 3. The Labute approximate surface area is 151 Å². The number of carbonyl (C=O) groups is 1. The number of anilines is 1. The summed E-state index contributed by atoms with van der Waals surface area (Å²) in [6.07, 6.45) is -2.19. The third-order valence-electron chi connectivity index (χ3n) is 3.49. The fraction of sp³-hybridized carbons (Fsp3) is 0.176. The van der Waals surface area contributed by atoms with Gasteiger partial charge in [-0.15, -0.1) is 0 Å². The molecule has 0 saturated carbocycles. The van der Waals surface area contributed by atoms with Crippen LogP contribution in [0.3, 0.4) is 0 Å². The Hall–Kier alpha value is -3.43. The van der Waals surface area contributed by atoms with Crippen molar-refractivity contribution >= 4 is 11.6 Å². The van der Waals surface area contributed by atoms with E-state index in [1.165, 1.54) is 19.4 Å². The molecule has 0 aliphatic carbocycles. The van der Waals surface area contributed by atoms with Gasteiger partial charge in [-0.05, 0) is 19.1 Å². The van der Waals surface area contributed by atoms with Crippen LogP contribution in [0.4, 0.5) is 18.9 Å². The summed E-state index contributed by atoms with van der Waals surface area (Å²) in [5.41, 5.74) is 0.463. The average Bonchev–Trinajstić information content (AvgIpc) is 2.98. The maximum atomic E-state index is 12.7. The molecule has 2 aromatic heterocycles. The standard InChI is InChI=1S/C17H14F3N5O2/c1-10-3-5-11(6-4-10)22-16(26)12-8-21-9-14(23-12)27-15-7-13(17(18,19)20)24-25(15)2/h3-9H,1-2H3,(H,22,26). The molecular weight excluding hydrogens is 363 g/mol. The lowest BCUT2D eigenvalue weighted by Crippen LogP contribution is -2.14. The van der Waals surface area contributed by atoms with Crippen LogP contribution in [-0.4, -0.2) is 25.7 Å². The average molecular weight is 377 g/mol. The van der Waals surface area contributed by atoms with Crippen molar-refractivity contribution in [2.24, 2.45) is 7.05 Å². The lowest BCUT2D eigenvalue weighted by molar-refractivity contribution is -0.141. The van der Waals surface area contributed by atoms with Crippen LogP contribution in [0, 0.1) is 6.92 Å². The number of rotatable bonds is 4. The SMILES string of the molecule is Cc1ccc(NC(=O)c2cncc(Oc3cc(C(F)(F)F)nn3C)n2)cc1. The number of nitrogens with one attached hydrogen (secondary N) is 1. The van der Waals surface area contributed by atoms with Crippen molar-refractivity contribution in [3.05, 3.63) is 59.7 Å². The predicted octanol–water partition coefficient (Wildman–Crippen LogP) is 3.58. The Kier molecular flexibility index (Phi) is 4.80. The van der Waals surface area contributed by atoms with Crippen LogP contribution in [0.1, 0.15) is 21.7 Å². The molecule has 7 nitrogen and oxygen atoms in total. The highest BCUT2D eigenvalue weighted by molar-refractivity contribution is 6.02. The van der Waals surface area contributed by atoms with Crippen LogP contribution in [0.25, 0.3) is 0 Å². The number of nitrogens with zero attached hydrogens (tertiary/aromatic N) is 4. The number of ether oxygens (including phenoxy) is 1. The fourth-order valence-electron chi connectivity index (χ4n) is 2.13. The number of hydrogen-bond acceptors (Lipinski definition) is 5. The number of aromatic nitrogens is 4. The highest BCUT2D eigenvalue weighted by Crippen LogP contribution is 2.31. The van der Waals surface area contributed by atoms with Gasteiger partial charge in [0.25, 0.3) is 5.91 Å². The van der Waals surface area contributed by atoms with E-state index in [1.54, 1.807) is 12.1 Å². The van der Waals surface area contributed by atoms with Gasteiger partial charge in [0.15, 0.2) is 11.4 Å².